The van der Waals surface area contributed by atoms with Crippen LogP contribution in [0.1, 0.15) is 12.0 Å². The van der Waals surface area contributed by atoms with Crippen molar-refractivity contribution in [1.29, 1.82) is 0 Å². The number of para-hydroxylation sites is 1. The molecule has 1 aliphatic heterocycles. The zero-order valence-electron chi connectivity index (χ0n) is 11.7. The highest BCUT2D eigenvalue weighted by atomic mass is 15.2. The monoisotopic (exact) mass is 257 g/mol. The normalized spacial score (nSPS) is 18.2. The number of hydrogen-bond donors (Lipinski definition) is 1. The molecule has 3 rings (SSSR count). The lowest BCUT2D eigenvalue weighted by Crippen LogP contribution is -2.44. The summed E-state index contributed by atoms with van der Waals surface area (Å²) in [7, 11) is 2.21. The molecule has 2 heterocycles. The number of aryl methyl sites for hydroxylation is 1. The van der Waals surface area contributed by atoms with Crippen molar-refractivity contribution in [1.82, 2.24) is 14.8 Å². The Morgan fingerprint density at radius 3 is 2.74 bits per heavy atom. The standard InChI is InChI=1S/C16H23N3/c1-18-9-11-19(12-10-18)8-4-5-14-13-17-16-7-3-2-6-15(14)16/h2-3,6-7,13,17H,4-5,8-12H2,1H3. The molecule has 19 heavy (non-hydrogen) atoms. The first-order valence-corrected chi connectivity index (χ1v) is 7.29. The van der Waals surface area contributed by atoms with Gasteiger partial charge < -0.3 is 14.8 Å². The quantitative estimate of drug-likeness (QED) is 0.908. The van der Waals surface area contributed by atoms with E-state index in [0.29, 0.717) is 0 Å². The van der Waals surface area contributed by atoms with Gasteiger partial charge in [0, 0.05) is 43.3 Å². The Hall–Kier alpha value is -1.32. The van der Waals surface area contributed by atoms with Crippen LogP contribution in [0, 0.1) is 0 Å². The minimum absolute atomic E-state index is 1.18. The summed E-state index contributed by atoms with van der Waals surface area (Å²) in [5.41, 5.74) is 2.72. The SMILES string of the molecule is CN1CCN(CCCc2c[nH]c3ccccc23)CC1. The van der Waals surface area contributed by atoms with Gasteiger partial charge in [0.15, 0.2) is 0 Å². The number of aromatic nitrogens is 1. The van der Waals surface area contributed by atoms with Gasteiger partial charge in [-0.3, -0.25) is 0 Å². The van der Waals surface area contributed by atoms with Gasteiger partial charge in [0.25, 0.3) is 0 Å². The maximum Gasteiger partial charge on any atom is 0.0456 e. The zero-order chi connectivity index (χ0) is 13.1. The lowest BCUT2D eigenvalue weighted by molar-refractivity contribution is 0.153. The van der Waals surface area contributed by atoms with Gasteiger partial charge in [-0.25, -0.2) is 0 Å². The van der Waals surface area contributed by atoms with Crippen molar-refractivity contribution in [2.45, 2.75) is 12.8 Å². The summed E-state index contributed by atoms with van der Waals surface area (Å²) in [6.45, 7) is 6.11. The Kier molecular flexibility index (Phi) is 3.85. The van der Waals surface area contributed by atoms with Crippen molar-refractivity contribution in [2.24, 2.45) is 0 Å². The van der Waals surface area contributed by atoms with E-state index in [2.05, 4.69) is 52.3 Å². The van der Waals surface area contributed by atoms with Gasteiger partial charge in [0.2, 0.25) is 0 Å². The van der Waals surface area contributed by atoms with Crippen molar-refractivity contribution in [2.75, 3.05) is 39.8 Å². The molecule has 1 fully saturated rings. The summed E-state index contributed by atoms with van der Waals surface area (Å²) in [5, 5.41) is 1.39. The number of nitrogens with one attached hydrogen (secondary N) is 1. The second-order valence-electron chi connectivity index (χ2n) is 5.61. The van der Waals surface area contributed by atoms with Gasteiger partial charge in [0.1, 0.15) is 0 Å². The molecule has 0 bridgehead atoms. The molecule has 1 saturated heterocycles. The van der Waals surface area contributed by atoms with E-state index in [0.717, 1.165) is 0 Å². The zero-order valence-corrected chi connectivity index (χ0v) is 11.7. The predicted molar refractivity (Wildman–Crippen MR) is 80.6 cm³/mol. The topological polar surface area (TPSA) is 22.3 Å². The summed E-state index contributed by atoms with van der Waals surface area (Å²) in [5.74, 6) is 0. The van der Waals surface area contributed by atoms with Crippen molar-refractivity contribution in [3.05, 3.63) is 36.0 Å². The van der Waals surface area contributed by atoms with Crippen LogP contribution in [0.5, 0.6) is 0 Å². The fourth-order valence-corrected chi connectivity index (χ4v) is 2.90. The second kappa shape index (κ2) is 5.76. The first-order valence-electron chi connectivity index (χ1n) is 7.29. The van der Waals surface area contributed by atoms with Gasteiger partial charge in [-0.1, -0.05) is 18.2 Å². The van der Waals surface area contributed by atoms with Crippen LogP contribution in [0.25, 0.3) is 10.9 Å². The Balaban J connectivity index is 1.52. The number of fused-ring (bicyclic) bond motifs is 1. The van der Waals surface area contributed by atoms with Crippen LogP contribution in [0.3, 0.4) is 0 Å². The molecule has 2 aromatic rings. The minimum atomic E-state index is 1.18. The second-order valence-corrected chi connectivity index (χ2v) is 5.61. The van der Waals surface area contributed by atoms with Crippen molar-refractivity contribution < 1.29 is 0 Å². The molecule has 0 saturated carbocycles. The molecule has 0 aliphatic carbocycles. The molecule has 0 amide bonds. The lowest BCUT2D eigenvalue weighted by atomic mass is 10.1. The molecule has 102 valence electrons. The van der Waals surface area contributed by atoms with Crippen molar-refractivity contribution in [3.63, 3.8) is 0 Å². The number of nitrogens with zero attached hydrogens (tertiary/aromatic N) is 2. The van der Waals surface area contributed by atoms with E-state index >= 15 is 0 Å². The van der Waals surface area contributed by atoms with E-state index in [9.17, 15) is 0 Å². The number of hydrogen-bond acceptors (Lipinski definition) is 2. The van der Waals surface area contributed by atoms with Crippen LogP contribution in [0.2, 0.25) is 0 Å². The highest BCUT2D eigenvalue weighted by Crippen LogP contribution is 2.19. The fourth-order valence-electron chi connectivity index (χ4n) is 2.90. The first-order chi connectivity index (χ1) is 9.33. The number of piperazine rings is 1. The molecule has 1 aromatic heterocycles. The predicted octanol–water partition coefficient (Wildman–Crippen LogP) is 2.35. The first kappa shape index (κ1) is 12.7. The van der Waals surface area contributed by atoms with Gasteiger partial charge in [-0.05, 0) is 38.1 Å². The van der Waals surface area contributed by atoms with Crippen LogP contribution in [-0.2, 0) is 6.42 Å². The van der Waals surface area contributed by atoms with E-state index in [1.165, 1.54) is 62.0 Å². The fraction of sp³-hybridized carbons (Fsp3) is 0.500. The largest absolute Gasteiger partial charge is 0.361 e. The third-order valence-corrected chi connectivity index (χ3v) is 4.19. The number of likely N-dealkylation sites (N-methyl/N-ethyl adjacent to an activating group) is 1. The van der Waals surface area contributed by atoms with Crippen LogP contribution in [0.15, 0.2) is 30.5 Å². The highest BCUT2D eigenvalue weighted by Gasteiger charge is 2.13. The summed E-state index contributed by atoms with van der Waals surface area (Å²) in [4.78, 5) is 8.37. The van der Waals surface area contributed by atoms with E-state index < -0.39 is 0 Å². The molecular weight excluding hydrogens is 234 g/mol. The summed E-state index contributed by atoms with van der Waals surface area (Å²) in [6, 6.07) is 8.59. The number of benzene rings is 1. The Labute approximate surface area is 115 Å². The lowest BCUT2D eigenvalue weighted by Gasteiger charge is -2.32. The number of H-pyrrole nitrogens is 1. The van der Waals surface area contributed by atoms with E-state index in [-0.39, 0.29) is 0 Å². The van der Waals surface area contributed by atoms with Crippen molar-refractivity contribution in [3.8, 4) is 0 Å². The molecule has 0 unspecified atom stereocenters. The molecule has 0 radical (unpaired) electrons. The Bertz CT molecular complexity index is 524. The molecule has 0 spiro atoms. The van der Waals surface area contributed by atoms with Gasteiger partial charge in [0.05, 0.1) is 0 Å². The van der Waals surface area contributed by atoms with Gasteiger partial charge in [-0.15, -0.1) is 0 Å². The van der Waals surface area contributed by atoms with E-state index in [1.54, 1.807) is 0 Å². The Morgan fingerprint density at radius 2 is 1.89 bits per heavy atom. The van der Waals surface area contributed by atoms with E-state index in [1.807, 2.05) is 0 Å². The van der Waals surface area contributed by atoms with Gasteiger partial charge >= 0.3 is 0 Å². The molecule has 0 atom stereocenters. The van der Waals surface area contributed by atoms with Crippen molar-refractivity contribution >= 4 is 10.9 Å². The molecule has 3 heteroatoms. The van der Waals surface area contributed by atoms with Crippen LogP contribution in [0.4, 0.5) is 0 Å². The van der Waals surface area contributed by atoms with Gasteiger partial charge in [-0.2, -0.15) is 0 Å². The van der Waals surface area contributed by atoms with Crippen LogP contribution < -0.4 is 0 Å². The maximum atomic E-state index is 3.36. The van der Waals surface area contributed by atoms with E-state index in [4.69, 9.17) is 0 Å². The minimum Gasteiger partial charge on any atom is -0.361 e. The third kappa shape index (κ3) is 2.99. The highest BCUT2D eigenvalue weighted by molar-refractivity contribution is 5.82. The average Bonchev–Trinajstić information content (AvgIpc) is 2.85. The third-order valence-electron chi connectivity index (χ3n) is 4.19. The summed E-state index contributed by atoms with van der Waals surface area (Å²) < 4.78 is 0. The number of aromatic amines is 1. The summed E-state index contributed by atoms with van der Waals surface area (Å²) in [6.07, 6.45) is 4.61. The molecule has 3 nitrogen and oxygen atoms in total. The molecule has 1 aromatic carbocycles. The Morgan fingerprint density at radius 1 is 1.11 bits per heavy atom. The summed E-state index contributed by atoms with van der Waals surface area (Å²) >= 11 is 0. The smallest absolute Gasteiger partial charge is 0.0456 e. The number of rotatable bonds is 4. The molecule has 1 aliphatic rings. The molecule has 1 N–H and O–H groups in total. The maximum absolute atomic E-state index is 3.36. The molecular formula is C16H23N3. The van der Waals surface area contributed by atoms with Crippen LogP contribution >= 0.6 is 0 Å². The van der Waals surface area contributed by atoms with Crippen LogP contribution in [-0.4, -0.2) is 54.6 Å². The average molecular weight is 257 g/mol.